The van der Waals surface area contributed by atoms with E-state index in [0.29, 0.717) is 36.0 Å². The summed E-state index contributed by atoms with van der Waals surface area (Å²) in [4.78, 5) is 40.7. The second-order valence-electron chi connectivity index (χ2n) is 6.46. The highest BCUT2D eigenvalue weighted by atomic mass is 35.5. The molecule has 1 saturated heterocycles. The van der Waals surface area contributed by atoms with E-state index in [1.165, 1.54) is 24.4 Å². The van der Waals surface area contributed by atoms with Crippen LogP contribution in [0.5, 0.6) is 0 Å². The number of hydrogen-bond donors (Lipinski definition) is 2. The standard InChI is InChI=1S/C18H18ClN5O4/c19-12-3-6-16(21-9-12)22-18(26)11-2-1-7-23(10-11)15-5-4-13(24(27)28)8-14(15)17(20)25/h3-6,8-9,11H,1-2,7,10H2,(H2,20,25)(H,21,22,26). The monoisotopic (exact) mass is 403 g/mol. The molecule has 3 rings (SSSR count). The number of benzene rings is 1. The van der Waals surface area contributed by atoms with Crippen LogP contribution in [0.4, 0.5) is 17.2 Å². The van der Waals surface area contributed by atoms with Crippen molar-refractivity contribution < 1.29 is 14.5 Å². The van der Waals surface area contributed by atoms with Gasteiger partial charge in [0.2, 0.25) is 5.91 Å². The fraction of sp³-hybridized carbons (Fsp3) is 0.278. The zero-order valence-electron chi connectivity index (χ0n) is 14.8. The molecule has 1 aromatic heterocycles. The molecule has 1 aliphatic rings. The zero-order valence-corrected chi connectivity index (χ0v) is 15.6. The first-order valence-electron chi connectivity index (χ1n) is 8.61. The number of halogens is 1. The number of carbonyl (C=O) groups is 2. The molecule has 0 aliphatic carbocycles. The van der Waals surface area contributed by atoms with Gasteiger partial charge in [0.05, 0.1) is 27.1 Å². The van der Waals surface area contributed by atoms with Crippen molar-refractivity contribution in [2.24, 2.45) is 11.7 Å². The Morgan fingerprint density at radius 1 is 1.32 bits per heavy atom. The van der Waals surface area contributed by atoms with Crippen LogP contribution in [0.1, 0.15) is 23.2 Å². The van der Waals surface area contributed by atoms with Gasteiger partial charge in [-0.2, -0.15) is 0 Å². The highest BCUT2D eigenvalue weighted by Crippen LogP contribution is 2.29. The second-order valence-corrected chi connectivity index (χ2v) is 6.90. The third-order valence-electron chi connectivity index (χ3n) is 4.57. The molecule has 3 N–H and O–H groups in total. The summed E-state index contributed by atoms with van der Waals surface area (Å²) in [6.07, 6.45) is 2.84. The molecule has 1 fully saturated rings. The van der Waals surface area contributed by atoms with Crippen LogP contribution < -0.4 is 16.0 Å². The molecule has 0 spiro atoms. The van der Waals surface area contributed by atoms with Gasteiger partial charge in [0.25, 0.3) is 11.6 Å². The third-order valence-corrected chi connectivity index (χ3v) is 4.79. The quantitative estimate of drug-likeness (QED) is 0.582. The summed E-state index contributed by atoms with van der Waals surface area (Å²) in [5.74, 6) is -0.875. The van der Waals surface area contributed by atoms with Crippen molar-refractivity contribution in [3.05, 3.63) is 57.2 Å². The maximum absolute atomic E-state index is 12.6. The first-order chi connectivity index (χ1) is 13.3. The molecule has 2 heterocycles. The number of amides is 2. The lowest BCUT2D eigenvalue weighted by atomic mass is 9.95. The fourth-order valence-corrected chi connectivity index (χ4v) is 3.31. The van der Waals surface area contributed by atoms with Gasteiger partial charge in [-0.05, 0) is 31.0 Å². The minimum atomic E-state index is -0.754. The van der Waals surface area contributed by atoms with Crippen molar-refractivity contribution in [2.75, 3.05) is 23.3 Å². The van der Waals surface area contributed by atoms with Gasteiger partial charge < -0.3 is 16.0 Å². The van der Waals surface area contributed by atoms with Crippen molar-refractivity contribution >= 4 is 40.6 Å². The maximum Gasteiger partial charge on any atom is 0.270 e. The molecule has 1 atom stereocenters. The Hall–Kier alpha value is -3.20. The topological polar surface area (TPSA) is 131 Å². The first-order valence-corrected chi connectivity index (χ1v) is 8.98. The van der Waals surface area contributed by atoms with E-state index in [-0.39, 0.29) is 23.1 Å². The van der Waals surface area contributed by atoms with Gasteiger partial charge in [-0.25, -0.2) is 4.98 Å². The van der Waals surface area contributed by atoms with Crippen LogP contribution in [0.3, 0.4) is 0 Å². The SMILES string of the molecule is NC(=O)c1cc([N+](=O)[O-])ccc1N1CCCC(C(=O)Nc2ccc(Cl)cn2)C1. The van der Waals surface area contributed by atoms with Crippen LogP contribution in [0.15, 0.2) is 36.5 Å². The number of nitrogens with zero attached hydrogens (tertiary/aromatic N) is 3. The van der Waals surface area contributed by atoms with Crippen LogP contribution >= 0.6 is 11.6 Å². The van der Waals surface area contributed by atoms with Crippen molar-refractivity contribution in [1.29, 1.82) is 0 Å². The van der Waals surface area contributed by atoms with Crippen LogP contribution in [0, 0.1) is 16.0 Å². The average molecular weight is 404 g/mol. The number of piperidine rings is 1. The van der Waals surface area contributed by atoms with E-state index in [0.717, 1.165) is 6.42 Å². The number of non-ortho nitro benzene ring substituents is 1. The highest BCUT2D eigenvalue weighted by Gasteiger charge is 2.28. The summed E-state index contributed by atoms with van der Waals surface area (Å²) in [6.45, 7) is 0.971. The Morgan fingerprint density at radius 2 is 2.11 bits per heavy atom. The largest absolute Gasteiger partial charge is 0.370 e. The van der Waals surface area contributed by atoms with E-state index in [1.54, 1.807) is 12.1 Å². The van der Waals surface area contributed by atoms with E-state index in [2.05, 4.69) is 10.3 Å². The Morgan fingerprint density at radius 3 is 2.75 bits per heavy atom. The molecule has 0 bridgehead atoms. The van der Waals surface area contributed by atoms with Crippen LogP contribution in [-0.4, -0.2) is 34.8 Å². The minimum absolute atomic E-state index is 0.0645. The predicted molar refractivity (Wildman–Crippen MR) is 104 cm³/mol. The summed E-state index contributed by atoms with van der Waals surface area (Å²) in [7, 11) is 0. The lowest BCUT2D eigenvalue weighted by Gasteiger charge is -2.34. The van der Waals surface area contributed by atoms with Gasteiger partial charge in [0.1, 0.15) is 5.82 Å². The van der Waals surface area contributed by atoms with Gasteiger partial charge in [0, 0.05) is 31.4 Å². The van der Waals surface area contributed by atoms with Crippen LogP contribution in [0.25, 0.3) is 0 Å². The summed E-state index contributed by atoms with van der Waals surface area (Å²) in [5.41, 5.74) is 5.75. The number of anilines is 2. The molecular formula is C18H18ClN5O4. The minimum Gasteiger partial charge on any atom is -0.370 e. The van der Waals surface area contributed by atoms with E-state index < -0.39 is 10.8 Å². The van der Waals surface area contributed by atoms with E-state index >= 15 is 0 Å². The lowest BCUT2D eigenvalue weighted by Crippen LogP contribution is -2.41. The molecule has 28 heavy (non-hydrogen) atoms. The van der Waals surface area contributed by atoms with E-state index in [9.17, 15) is 19.7 Å². The highest BCUT2D eigenvalue weighted by molar-refractivity contribution is 6.30. The molecule has 0 saturated carbocycles. The molecule has 1 unspecified atom stereocenters. The van der Waals surface area contributed by atoms with Gasteiger partial charge in [-0.1, -0.05) is 11.6 Å². The summed E-state index contributed by atoms with van der Waals surface area (Å²) in [5, 5.41) is 14.2. The zero-order chi connectivity index (χ0) is 20.3. The lowest BCUT2D eigenvalue weighted by molar-refractivity contribution is -0.384. The van der Waals surface area contributed by atoms with Gasteiger partial charge in [-0.15, -0.1) is 0 Å². The number of nitrogens with one attached hydrogen (secondary N) is 1. The number of carbonyl (C=O) groups excluding carboxylic acids is 2. The Bertz CT molecular complexity index is 919. The Kier molecular flexibility index (Phi) is 5.74. The number of nitro groups is 1. The predicted octanol–water partition coefficient (Wildman–Crippen LogP) is 2.60. The van der Waals surface area contributed by atoms with E-state index in [1.807, 2.05) is 4.90 Å². The van der Waals surface area contributed by atoms with Crippen molar-refractivity contribution in [2.45, 2.75) is 12.8 Å². The molecule has 1 aromatic carbocycles. The molecule has 2 aromatic rings. The molecule has 0 radical (unpaired) electrons. The third kappa shape index (κ3) is 4.37. The summed E-state index contributed by atoms with van der Waals surface area (Å²) < 4.78 is 0. The summed E-state index contributed by atoms with van der Waals surface area (Å²) in [6, 6.07) is 7.23. The number of nitrogens with two attached hydrogens (primary N) is 1. The van der Waals surface area contributed by atoms with Gasteiger partial charge in [0.15, 0.2) is 0 Å². The number of hydrogen-bond acceptors (Lipinski definition) is 6. The maximum atomic E-state index is 12.6. The second kappa shape index (κ2) is 8.22. The van der Waals surface area contributed by atoms with Crippen LogP contribution in [-0.2, 0) is 4.79 Å². The van der Waals surface area contributed by atoms with Crippen molar-refractivity contribution in [3.8, 4) is 0 Å². The van der Waals surface area contributed by atoms with Crippen molar-refractivity contribution in [3.63, 3.8) is 0 Å². The fourth-order valence-electron chi connectivity index (χ4n) is 3.20. The first kappa shape index (κ1) is 19.6. The molecule has 10 heteroatoms. The van der Waals surface area contributed by atoms with Gasteiger partial charge in [-0.3, -0.25) is 19.7 Å². The number of aromatic nitrogens is 1. The number of rotatable bonds is 5. The summed E-state index contributed by atoms with van der Waals surface area (Å²) >= 11 is 5.79. The van der Waals surface area contributed by atoms with Crippen LogP contribution in [0.2, 0.25) is 5.02 Å². The van der Waals surface area contributed by atoms with E-state index in [4.69, 9.17) is 17.3 Å². The molecule has 1 aliphatic heterocycles. The molecular weight excluding hydrogens is 386 g/mol. The number of primary amides is 1. The molecule has 2 amide bonds. The number of nitro benzene ring substituents is 1. The molecule has 9 nitrogen and oxygen atoms in total. The van der Waals surface area contributed by atoms with Crippen molar-refractivity contribution in [1.82, 2.24) is 4.98 Å². The smallest absolute Gasteiger partial charge is 0.270 e. The number of pyridine rings is 1. The van der Waals surface area contributed by atoms with Gasteiger partial charge >= 0.3 is 0 Å². The Balaban J connectivity index is 1.77. The molecule has 146 valence electrons. The average Bonchev–Trinajstić information content (AvgIpc) is 2.69. The normalized spacial score (nSPS) is 16.5. The Labute approximate surface area is 165 Å².